The molecule has 0 amide bonds. The van der Waals surface area contributed by atoms with E-state index in [1.165, 1.54) is 23.9 Å². The number of nitro groups is 1. The summed E-state index contributed by atoms with van der Waals surface area (Å²) in [5.74, 6) is -0.369. The molecule has 0 bridgehead atoms. The summed E-state index contributed by atoms with van der Waals surface area (Å²) in [6, 6.07) is 12.0. The zero-order valence-corrected chi connectivity index (χ0v) is 11.0. The van der Waals surface area contributed by atoms with Crippen LogP contribution in [0.15, 0.2) is 47.5 Å². The number of nitrogens with zero attached hydrogens (tertiary/aromatic N) is 2. The molecule has 0 fully saturated rings. The van der Waals surface area contributed by atoms with Gasteiger partial charge >= 0.3 is 5.69 Å². The minimum atomic E-state index is -0.622. The summed E-state index contributed by atoms with van der Waals surface area (Å²) >= 11 is 0. The van der Waals surface area contributed by atoms with Crippen molar-refractivity contribution in [2.45, 2.75) is 13.3 Å². The molecule has 0 spiro atoms. The van der Waals surface area contributed by atoms with E-state index in [-0.39, 0.29) is 11.4 Å². The van der Waals surface area contributed by atoms with Gasteiger partial charge in [-0.25, -0.2) is 0 Å². The van der Waals surface area contributed by atoms with E-state index in [1.807, 2.05) is 24.3 Å². The van der Waals surface area contributed by atoms with E-state index >= 15 is 0 Å². The molecule has 0 heterocycles. The number of phenolic OH excluding ortho intramolecular Hbond substituents is 1. The van der Waals surface area contributed by atoms with Gasteiger partial charge in [-0.2, -0.15) is 0 Å². The molecule has 20 heavy (non-hydrogen) atoms. The maximum absolute atomic E-state index is 10.7. The molecule has 0 unspecified atom stereocenters. The molecule has 0 aromatic heterocycles. The lowest BCUT2D eigenvalue weighted by Gasteiger charge is -2.00. The van der Waals surface area contributed by atoms with Crippen molar-refractivity contribution in [3.8, 4) is 5.75 Å². The van der Waals surface area contributed by atoms with E-state index in [0.717, 1.165) is 12.1 Å². The van der Waals surface area contributed by atoms with Crippen molar-refractivity contribution in [2.75, 3.05) is 0 Å². The fourth-order valence-electron chi connectivity index (χ4n) is 1.76. The number of nitro benzene ring substituents is 1. The Morgan fingerprint density at radius 3 is 2.55 bits per heavy atom. The maximum Gasteiger partial charge on any atom is 0.311 e. The molecule has 0 atom stereocenters. The van der Waals surface area contributed by atoms with Crippen molar-refractivity contribution in [3.05, 3.63) is 63.7 Å². The van der Waals surface area contributed by atoms with Crippen LogP contribution in [0.4, 0.5) is 11.4 Å². The zero-order valence-electron chi connectivity index (χ0n) is 11.0. The number of aromatic hydroxyl groups is 1. The van der Waals surface area contributed by atoms with Gasteiger partial charge < -0.3 is 5.11 Å². The van der Waals surface area contributed by atoms with Gasteiger partial charge in [0.15, 0.2) is 0 Å². The van der Waals surface area contributed by atoms with Crippen molar-refractivity contribution in [2.24, 2.45) is 4.99 Å². The van der Waals surface area contributed by atoms with E-state index in [4.69, 9.17) is 0 Å². The minimum Gasteiger partial charge on any atom is -0.502 e. The standard InChI is InChI=1S/C15H14N2O3/c1-2-11-6-8-13(9-7-11)16-10-12-4-3-5-14(15(12)18)17(19)20/h3-10,18H,2H2,1H3. The van der Waals surface area contributed by atoms with E-state index in [2.05, 4.69) is 11.9 Å². The molecule has 0 aliphatic heterocycles. The molecule has 1 N–H and O–H groups in total. The third-order valence-electron chi connectivity index (χ3n) is 2.94. The Hall–Kier alpha value is -2.69. The Balaban J connectivity index is 2.26. The Bertz CT molecular complexity index is 649. The average Bonchev–Trinajstić information content (AvgIpc) is 2.46. The van der Waals surface area contributed by atoms with Crippen molar-refractivity contribution < 1.29 is 10.0 Å². The summed E-state index contributed by atoms with van der Waals surface area (Å²) < 4.78 is 0. The van der Waals surface area contributed by atoms with Crippen LogP contribution in [0, 0.1) is 10.1 Å². The SMILES string of the molecule is CCc1ccc(N=Cc2cccc([N+](=O)[O-])c2O)cc1. The van der Waals surface area contributed by atoms with Crippen LogP contribution in [0.3, 0.4) is 0 Å². The van der Waals surface area contributed by atoms with E-state index < -0.39 is 4.92 Å². The first-order valence-electron chi connectivity index (χ1n) is 6.21. The summed E-state index contributed by atoms with van der Waals surface area (Å²) in [4.78, 5) is 14.3. The van der Waals surface area contributed by atoms with Crippen LogP contribution in [0.5, 0.6) is 5.75 Å². The Morgan fingerprint density at radius 1 is 1.25 bits per heavy atom. The molecule has 102 valence electrons. The number of benzene rings is 2. The van der Waals surface area contributed by atoms with Crippen molar-refractivity contribution in [1.29, 1.82) is 0 Å². The third kappa shape index (κ3) is 3.00. The molecular weight excluding hydrogens is 256 g/mol. The van der Waals surface area contributed by atoms with Gasteiger partial charge in [-0.05, 0) is 30.2 Å². The molecule has 0 radical (unpaired) electrons. The van der Waals surface area contributed by atoms with Gasteiger partial charge in [-0.15, -0.1) is 0 Å². The van der Waals surface area contributed by atoms with Crippen LogP contribution >= 0.6 is 0 Å². The van der Waals surface area contributed by atoms with Gasteiger partial charge in [-0.1, -0.05) is 25.1 Å². The van der Waals surface area contributed by atoms with Crippen LogP contribution in [0.1, 0.15) is 18.1 Å². The summed E-state index contributed by atoms with van der Waals surface area (Å²) in [5.41, 5.74) is 1.93. The highest BCUT2D eigenvalue weighted by Crippen LogP contribution is 2.28. The minimum absolute atomic E-state index is 0.318. The molecule has 0 aliphatic rings. The molecule has 5 heteroatoms. The molecule has 2 aromatic rings. The number of rotatable bonds is 4. The molecule has 2 aromatic carbocycles. The Kier molecular flexibility index (Phi) is 4.10. The molecular formula is C15H14N2O3. The molecule has 5 nitrogen and oxygen atoms in total. The monoisotopic (exact) mass is 270 g/mol. The largest absolute Gasteiger partial charge is 0.502 e. The van der Waals surface area contributed by atoms with Gasteiger partial charge in [0.1, 0.15) is 0 Å². The fourth-order valence-corrected chi connectivity index (χ4v) is 1.76. The van der Waals surface area contributed by atoms with Gasteiger partial charge in [0.25, 0.3) is 0 Å². The smallest absolute Gasteiger partial charge is 0.311 e. The second-order valence-electron chi connectivity index (χ2n) is 4.25. The summed E-state index contributed by atoms with van der Waals surface area (Å²) in [6.45, 7) is 2.07. The van der Waals surface area contributed by atoms with Gasteiger partial charge in [-0.3, -0.25) is 15.1 Å². The second kappa shape index (κ2) is 5.97. The molecule has 0 saturated heterocycles. The van der Waals surface area contributed by atoms with Gasteiger partial charge in [0.05, 0.1) is 10.6 Å². The molecule has 2 rings (SSSR count). The first-order valence-corrected chi connectivity index (χ1v) is 6.21. The van der Waals surface area contributed by atoms with Crippen LogP contribution < -0.4 is 0 Å². The van der Waals surface area contributed by atoms with Crippen LogP contribution in [0.25, 0.3) is 0 Å². The van der Waals surface area contributed by atoms with E-state index in [0.29, 0.717) is 5.56 Å². The van der Waals surface area contributed by atoms with Gasteiger partial charge in [0.2, 0.25) is 5.75 Å². The summed E-state index contributed by atoms with van der Waals surface area (Å²) in [5, 5.41) is 20.5. The van der Waals surface area contributed by atoms with Crippen molar-refractivity contribution in [3.63, 3.8) is 0 Å². The number of hydrogen-bond donors (Lipinski definition) is 1. The topological polar surface area (TPSA) is 75.7 Å². The highest BCUT2D eigenvalue weighted by molar-refractivity contribution is 5.87. The van der Waals surface area contributed by atoms with Crippen molar-refractivity contribution in [1.82, 2.24) is 0 Å². The predicted octanol–water partition coefficient (Wildman–Crippen LogP) is 3.61. The quantitative estimate of drug-likeness (QED) is 0.523. The number of para-hydroxylation sites is 1. The van der Waals surface area contributed by atoms with Crippen molar-refractivity contribution >= 4 is 17.6 Å². The lowest BCUT2D eigenvalue weighted by molar-refractivity contribution is -0.385. The Labute approximate surface area is 116 Å². The molecule has 0 saturated carbocycles. The first-order chi connectivity index (χ1) is 9.61. The van der Waals surface area contributed by atoms with E-state index in [9.17, 15) is 15.2 Å². The number of hydrogen-bond acceptors (Lipinski definition) is 4. The highest BCUT2D eigenvalue weighted by atomic mass is 16.6. The maximum atomic E-state index is 10.7. The zero-order chi connectivity index (χ0) is 14.5. The second-order valence-corrected chi connectivity index (χ2v) is 4.25. The van der Waals surface area contributed by atoms with Crippen LogP contribution in [-0.4, -0.2) is 16.2 Å². The average molecular weight is 270 g/mol. The first kappa shape index (κ1) is 13.7. The normalized spacial score (nSPS) is 10.8. The summed E-state index contributed by atoms with van der Waals surface area (Å²) in [6.07, 6.45) is 2.37. The lowest BCUT2D eigenvalue weighted by Crippen LogP contribution is -1.91. The van der Waals surface area contributed by atoms with Crippen LogP contribution in [-0.2, 0) is 6.42 Å². The Morgan fingerprint density at radius 2 is 1.95 bits per heavy atom. The number of phenols is 1. The van der Waals surface area contributed by atoms with Crippen LogP contribution in [0.2, 0.25) is 0 Å². The number of aliphatic imine (C=N–C) groups is 1. The highest BCUT2D eigenvalue weighted by Gasteiger charge is 2.14. The molecule has 0 aliphatic carbocycles. The van der Waals surface area contributed by atoms with E-state index in [1.54, 1.807) is 6.07 Å². The lowest BCUT2D eigenvalue weighted by atomic mass is 10.1. The third-order valence-corrected chi connectivity index (χ3v) is 2.94. The summed E-state index contributed by atoms with van der Waals surface area (Å²) in [7, 11) is 0. The number of aryl methyl sites for hydroxylation is 1. The predicted molar refractivity (Wildman–Crippen MR) is 77.8 cm³/mol. The van der Waals surface area contributed by atoms with Gasteiger partial charge in [0, 0.05) is 17.8 Å². The fraction of sp³-hybridized carbons (Fsp3) is 0.133.